The monoisotopic (exact) mass is 261 g/mol. The predicted molar refractivity (Wildman–Crippen MR) is 75.0 cm³/mol. The first-order valence-corrected chi connectivity index (χ1v) is 6.37. The molecule has 0 bridgehead atoms. The number of aromatic nitrogens is 1. The fraction of sp³-hybridized carbons (Fsp3) is 0.429. The van der Waals surface area contributed by atoms with Crippen LogP contribution in [0.5, 0.6) is 0 Å². The topological polar surface area (TPSA) is 72.4 Å². The summed E-state index contributed by atoms with van der Waals surface area (Å²) < 4.78 is 5.48. The van der Waals surface area contributed by atoms with Gasteiger partial charge in [0.2, 0.25) is 5.91 Å². The molecule has 5 heteroatoms. The summed E-state index contributed by atoms with van der Waals surface area (Å²) >= 11 is 0. The number of anilines is 1. The van der Waals surface area contributed by atoms with Crippen molar-refractivity contribution < 1.29 is 9.21 Å². The zero-order valence-corrected chi connectivity index (χ0v) is 11.5. The van der Waals surface area contributed by atoms with Crippen molar-refractivity contribution in [3.63, 3.8) is 0 Å². The van der Waals surface area contributed by atoms with E-state index in [2.05, 4.69) is 4.98 Å². The second-order valence-corrected chi connectivity index (χ2v) is 4.76. The van der Waals surface area contributed by atoms with Crippen molar-refractivity contribution in [2.75, 3.05) is 18.5 Å². The zero-order chi connectivity index (χ0) is 14.0. The summed E-state index contributed by atoms with van der Waals surface area (Å²) in [6, 6.07) is 5.57. The standard InChI is InChI=1S/C14H19N3O2/c1-9(6-7-15)14(18)17(3)11-4-5-12-13(8-11)19-10(2)16-12/h4-5,8-9H,6-7,15H2,1-3H3. The zero-order valence-electron chi connectivity index (χ0n) is 11.5. The number of oxazole rings is 1. The number of nitrogens with zero attached hydrogens (tertiary/aromatic N) is 2. The number of carbonyl (C=O) groups excluding carboxylic acids is 1. The number of hydrogen-bond donors (Lipinski definition) is 1. The average molecular weight is 261 g/mol. The van der Waals surface area contributed by atoms with Crippen LogP contribution in [-0.2, 0) is 4.79 Å². The maximum atomic E-state index is 12.2. The Labute approximate surface area is 112 Å². The molecule has 1 aromatic carbocycles. The summed E-state index contributed by atoms with van der Waals surface area (Å²) in [5.41, 5.74) is 7.79. The van der Waals surface area contributed by atoms with Crippen LogP contribution >= 0.6 is 0 Å². The van der Waals surface area contributed by atoms with Crippen LogP contribution in [0, 0.1) is 12.8 Å². The highest BCUT2D eigenvalue weighted by Crippen LogP contribution is 2.23. The lowest BCUT2D eigenvalue weighted by Gasteiger charge is -2.21. The van der Waals surface area contributed by atoms with E-state index in [0.717, 1.165) is 11.2 Å². The molecule has 2 rings (SSSR count). The number of benzene rings is 1. The van der Waals surface area contributed by atoms with Gasteiger partial charge in [-0.05, 0) is 25.1 Å². The van der Waals surface area contributed by atoms with E-state index >= 15 is 0 Å². The van der Waals surface area contributed by atoms with Gasteiger partial charge in [0, 0.05) is 31.6 Å². The molecular formula is C14H19N3O2. The van der Waals surface area contributed by atoms with E-state index in [1.54, 1.807) is 18.9 Å². The Morgan fingerprint density at radius 3 is 2.95 bits per heavy atom. The fourth-order valence-corrected chi connectivity index (χ4v) is 2.07. The first-order chi connectivity index (χ1) is 9.02. The van der Waals surface area contributed by atoms with Crippen molar-refractivity contribution in [1.82, 2.24) is 4.98 Å². The molecule has 1 heterocycles. The maximum absolute atomic E-state index is 12.2. The molecule has 0 spiro atoms. The normalized spacial score (nSPS) is 12.6. The summed E-state index contributed by atoms with van der Waals surface area (Å²) in [4.78, 5) is 18.1. The molecule has 19 heavy (non-hydrogen) atoms. The number of nitrogens with two attached hydrogens (primary N) is 1. The van der Waals surface area contributed by atoms with Crippen LogP contribution in [0.15, 0.2) is 22.6 Å². The van der Waals surface area contributed by atoms with Crippen molar-refractivity contribution in [2.24, 2.45) is 11.7 Å². The lowest BCUT2D eigenvalue weighted by molar-refractivity contribution is -0.121. The number of aryl methyl sites for hydroxylation is 1. The quantitative estimate of drug-likeness (QED) is 0.914. The second-order valence-electron chi connectivity index (χ2n) is 4.76. The van der Waals surface area contributed by atoms with Crippen LogP contribution in [0.2, 0.25) is 0 Å². The maximum Gasteiger partial charge on any atom is 0.229 e. The van der Waals surface area contributed by atoms with Crippen molar-refractivity contribution in [3.8, 4) is 0 Å². The highest BCUT2D eigenvalue weighted by Gasteiger charge is 2.18. The van der Waals surface area contributed by atoms with Crippen molar-refractivity contribution >= 4 is 22.7 Å². The molecule has 2 aromatic rings. The van der Waals surface area contributed by atoms with Crippen LogP contribution in [0.4, 0.5) is 5.69 Å². The lowest BCUT2D eigenvalue weighted by atomic mass is 10.1. The molecule has 1 atom stereocenters. The van der Waals surface area contributed by atoms with Crippen molar-refractivity contribution in [2.45, 2.75) is 20.3 Å². The van der Waals surface area contributed by atoms with E-state index in [-0.39, 0.29) is 11.8 Å². The van der Waals surface area contributed by atoms with E-state index < -0.39 is 0 Å². The molecule has 1 unspecified atom stereocenters. The highest BCUT2D eigenvalue weighted by molar-refractivity contribution is 5.95. The molecule has 0 saturated heterocycles. The van der Waals surface area contributed by atoms with Gasteiger partial charge < -0.3 is 15.1 Å². The summed E-state index contributed by atoms with van der Waals surface area (Å²) in [7, 11) is 1.76. The average Bonchev–Trinajstić information content (AvgIpc) is 2.76. The molecule has 0 aliphatic heterocycles. The fourth-order valence-electron chi connectivity index (χ4n) is 2.07. The molecule has 0 aliphatic carbocycles. The Bertz CT molecular complexity index is 591. The Morgan fingerprint density at radius 2 is 2.26 bits per heavy atom. The molecule has 5 nitrogen and oxygen atoms in total. The third-order valence-electron chi connectivity index (χ3n) is 3.22. The van der Waals surface area contributed by atoms with E-state index in [4.69, 9.17) is 10.2 Å². The Morgan fingerprint density at radius 1 is 1.53 bits per heavy atom. The Hall–Kier alpha value is -1.88. The van der Waals surface area contributed by atoms with Crippen LogP contribution in [-0.4, -0.2) is 24.5 Å². The van der Waals surface area contributed by atoms with E-state index in [1.165, 1.54) is 0 Å². The molecule has 0 saturated carbocycles. The van der Waals surface area contributed by atoms with E-state index in [9.17, 15) is 4.79 Å². The minimum atomic E-state index is -0.0813. The minimum absolute atomic E-state index is 0.0565. The van der Waals surface area contributed by atoms with Gasteiger partial charge in [-0.2, -0.15) is 0 Å². The van der Waals surface area contributed by atoms with Gasteiger partial charge in [-0.15, -0.1) is 0 Å². The largest absolute Gasteiger partial charge is 0.441 e. The summed E-state index contributed by atoms with van der Waals surface area (Å²) in [6.07, 6.45) is 0.687. The number of hydrogen-bond acceptors (Lipinski definition) is 4. The molecule has 1 aromatic heterocycles. The number of rotatable bonds is 4. The first-order valence-electron chi connectivity index (χ1n) is 6.37. The summed E-state index contributed by atoms with van der Waals surface area (Å²) in [5.74, 6) is 0.598. The van der Waals surface area contributed by atoms with Gasteiger partial charge in [0.25, 0.3) is 0 Å². The number of carbonyl (C=O) groups is 1. The predicted octanol–water partition coefficient (Wildman–Crippen LogP) is 2.08. The SMILES string of the molecule is Cc1nc2ccc(N(C)C(=O)C(C)CCN)cc2o1. The highest BCUT2D eigenvalue weighted by atomic mass is 16.3. The van der Waals surface area contributed by atoms with Crippen molar-refractivity contribution in [3.05, 3.63) is 24.1 Å². The van der Waals surface area contributed by atoms with Crippen molar-refractivity contribution in [1.29, 1.82) is 0 Å². The molecule has 2 N–H and O–H groups in total. The van der Waals surface area contributed by atoms with Gasteiger partial charge in [-0.3, -0.25) is 4.79 Å². The molecule has 102 valence electrons. The molecule has 0 aliphatic rings. The summed E-state index contributed by atoms with van der Waals surface area (Å²) in [5, 5.41) is 0. The van der Waals surface area contributed by atoms with Crippen LogP contribution < -0.4 is 10.6 Å². The van der Waals surface area contributed by atoms with Gasteiger partial charge in [0.1, 0.15) is 5.52 Å². The Kier molecular flexibility index (Phi) is 3.85. The second kappa shape index (κ2) is 5.40. The lowest BCUT2D eigenvalue weighted by Crippen LogP contribution is -2.32. The third kappa shape index (κ3) is 2.76. The van der Waals surface area contributed by atoms with Gasteiger partial charge in [-0.1, -0.05) is 6.92 Å². The third-order valence-corrected chi connectivity index (χ3v) is 3.22. The molecule has 1 amide bonds. The van der Waals surface area contributed by atoms with Crippen LogP contribution in [0.3, 0.4) is 0 Å². The summed E-state index contributed by atoms with van der Waals surface area (Å²) in [6.45, 7) is 4.21. The molecule has 0 fully saturated rings. The van der Waals surface area contributed by atoms with Crippen LogP contribution in [0.25, 0.3) is 11.1 Å². The van der Waals surface area contributed by atoms with Crippen LogP contribution in [0.1, 0.15) is 19.2 Å². The molecular weight excluding hydrogens is 242 g/mol. The minimum Gasteiger partial charge on any atom is -0.441 e. The number of amides is 1. The smallest absolute Gasteiger partial charge is 0.229 e. The first kappa shape index (κ1) is 13.5. The van der Waals surface area contributed by atoms with Gasteiger partial charge >= 0.3 is 0 Å². The number of fused-ring (bicyclic) bond motifs is 1. The van der Waals surface area contributed by atoms with E-state index in [1.807, 2.05) is 25.1 Å². The Balaban J connectivity index is 2.25. The van der Waals surface area contributed by atoms with Gasteiger partial charge in [0.15, 0.2) is 11.5 Å². The van der Waals surface area contributed by atoms with Gasteiger partial charge in [-0.25, -0.2) is 4.98 Å². The van der Waals surface area contributed by atoms with E-state index in [0.29, 0.717) is 24.4 Å². The van der Waals surface area contributed by atoms with Gasteiger partial charge in [0.05, 0.1) is 0 Å². The molecule has 0 radical (unpaired) electrons.